The van der Waals surface area contributed by atoms with E-state index in [1.165, 1.54) is 24.3 Å². The number of non-ortho nitro benzene ring substituents is 1. The van der Waals surface area contributed by atoms with Crippen molar-refractivity contribution < 1.29 is 23.3 Å². The summed E-state index contributed by atoms with van der Waals surface area (Å²) in [6.07, 6.45) is 0.588. The van der Waals surface area contributed by atoms with Crippen LogP contribution in [0.2, 0.25) is 0 Å². The van der Waals surface area contributed by atoms with Gasteiger partial charge in [-0.05, 0) is 24.5 Å². The standard InChI is InChI=1S/C22H18ClF2N3O4/c1-11-6-17-21(19(29)7-11)22(14-4-2-12(24)8-15(14)25)27(20(30)10-23)18-5-3-13(28(31)32)9-16(18)26-17/h2-5,8-9,11,22,26H,6-7,10H2,1H3. The van der Waals surface area contributed by atoms with Crippen LogP contribution < -0.4 is 10.2 Å². The van der Waals surface area contributed by atoms with E-state index < -0.39 is 34.4 Å². The first kappa shape index (κ1) is 21.9. The minimum absolute atomic E-state index is 0.0371. The lowest BCUT2D eigenvalue weighted by Gasteiger charge is -2.34. The van der Waals surface area contributed by atoms with Crippen molar-refractivity contribution in [1.82, 2.24) is 0 Å². The van der Waals surface area contributed by atoms with E-state index in [1.54, 1.807) is 0 Å². The first-order valence-electron chi connectivity index (χ1n) is 9.86. The summed E-state index contributed by atoms with van der Waals surface area (Å²) >= 11 is 5.86. The van der Waals surface area contributed by atoms with Gasteiger partial charge in [0.05, 0.1) is 22.3 Å². The molecule has 0 bridgehead atoms. The summed E-state index contributed by atoms with van der Waals surface area (Å²) in [5, 5.41) is 14.4. The highest BCUT2D eigenvalue weighted by Gasteiger charge is 2.41. The molecule has 7 nitrogen and oxygen atoms in total. The van der Waals surface area contributed by atoms with Crippen LogP contribution in [-0.2, 0) is 9.59 Å². The highest BCUT2D eigenvalue weighted by molar-refractivity contribution is 6.30. The number of nitrogens with zero attached hydrogens (tertiary/aromatic N) is 2. The molecule has 1 N–H and O–H groups in total. The van der Waals surface area contributed by atoms with E-state index in [0.29, 0.717) is 18.2 Å². The molecule has 32 heavy (non-hydrogen) atoms. The fourth-order valence-corrected chi connectivity index (χ4v) is 4.43. The maximum Gasteiger partial charge on any atom is 0.271 e. The zero-order chi connectivity index (χ0) is 23.2. The average Bonchev–Trinajstić information content (AvgIpc) is 2.86. The van der Waals surface area contributed by atoms with Crippen LogP contribution in [0.15, 0.2) is 47.7 Å². The molecule has 0 fully saturated rings. The molecule has 4 rings (SSSR count). The van der Waals surface area contributed by atoms with Gasteiger partial charge in [0.1, 0.15) is 17.5 Å². The average molecular weight is 462 g/mol. The number of halogens is 3. The van der Waals surface area contributed by atoms with Crippen LogP contribution in [0.25, 0.3) is 0 Å². The van der Waals surface area contributed by atoms with Crippen LogP contribution >= 0.6 is 11.6 Å². The van der Waals surface area contributed by atoms with E-state index in [-0.39, 0.29) is 46.3 Å². The van der Waals surface area contributed by atoms with Crippen LogP contribution in [0, 0.1) is 27.7 Å². The summed E-state index contributed by atoms with van der Waals surface area (Å²) in [4.78, 5) is 38.1. The summed E-state index contributed by atoms with van der Waals surface area (Å²) in [6, 6.07) is 5.52. The highest BCUT2D eigenvalue weighted by atomic mass is 35.5. The molecule has 2 atom stereocenters. The van der Waals surface area contributed by atoms with Gasteiger partial charge in [0, 0.05) is 41.5 Å². The van der Waals surface area contributed by atoms with Crippen LogP contribution in [-0.4, -0.2) is 22.5 Å². The van der Waals surface area contributed by atoms with Crippen molar-refractivity contribution in [3.05, 3.63) is 75.0 Å². The first-order chi connectivity index (χ1) is 15.2. The number of amides is 1. The molecule has 1 amide bonds. The van der Waals surface area contributed by atoms with E-state index in [2.05, 4.69) is 5.32 Å². The Morgan fingerprint density at radius 3 is 2.66 bits per heavy atom. The van der Waals surface area contributed by atoms with Gasteiger partial charge in [-0.15, -0.1) is 11.6 Å². The third-order valence-corrected chi connectivity index (χ3v) is 5.85. The number of rotatable bonds is 3. The molecule has 2 unspecified atom stereocenters. The molecular formula is C22H18ClF2N3O4. The second kappa shape index (κ2) is 8.31. The summed E-state index contributed by atoms with van der Waals surface area (Å²) in [7, 11) is 0. The molecule has 0 saturated heterocycles. The van der Waals surface area contributed by atoms with E-state index >= 15 is 0 Å². The number of fused-ring (bicyclic) bond motifs is 1. The van der Waals surface area contributed by atoms with Crippen molar-refractivity contribution in [2.75, 3.05) is 16.1 Å². The first-order valence-corrected chi connectivity index (χ1v) is 10.4. The third kappa shape index (κ3) is 3.73. The summed E-state index contributed by atoms with van der Waals surface area (Å²) < 4.78 is 28.6. The van der Waals surface area contributed by atoms with Gasteiger partial charge >= 0.3 is 0 Å². The van der Waals surface area contributed by atoms with Gasteiger partial charge in [0.25, 0.3) is 5.69 Å². The van der Waals surface area contributed by atoms with E-state index in [9.17, 15) is 28.5 Å². The zero-order valence-electron chi connectivity index (χ0n) is 16.9. The molecule has 0 spiro atoms. The van der Waals surface area contributed by atoms with Crippen molar-refractivity contribution in [2.45, 2.75) is 25.8 Å². The number of ketones is 1. The van der Waals surface area contributed by atoms with E-state index in [0.717, 1.165) is 11.0 Å². The third-order valence-electron chi connectivity index (χ3n) is 5.62. The Balaban J connectivity index is 2.04. The number of hydrogen-bond donors (Lipinski definition) is 1. The lowest BCUT2D eigenvalue weighted by Crippen LogP contribution is -2.39. The van der Waals surface area contributed by atoms with Crippen LogP contribution in [0.3, 0.4) is 0 Å². The molecule has 1 heterocycles. The number of Topliss-reactive ketones (excluding diaryl/α,β-unsaturated/α-hetero) is 1. The Morgan fingerprint density at radius 1 is 1.25 bits per heavy atom. The Bertz CT molecular complexity index is 1180. The highest BCUT2D eigenvalue weighted by Crippen LogP contribution is 2.47. The minimum atomic E-state index is -1.22. The Kier molecular flexibility index (Phi) is 5.68. The SMILES string of the molecule is CC1CC(=O)C2=C(C1)Nc1cc([N+](=O)[O-])ccc1N(C(=O)CCl)C2c1ccc(F)cc1F. The van der Waals surface area contributed by atoms with Crippen molar-refractivity contribution in [1.29, 1.82) is 0 Å². The number of nitro benzene ring substituents is 1. The largest absolute Gasteiger partial charge is 0.357 e. The summed E-state index contributed by atoms with van der Waals surface area (Å²) in [5.41, 5.74) is 0.716. The topological polar surface area (TPSA) is 92.5 Å². The van der Waals surface area contributed by atoms with Crippen molar-refractivity contribution in [3.63, 3.8) is 0 Å². The summed E-state index contributed by atoms with van der Waals surface area (Å²) in [6.45, 7) is 1.87. The predicted molar refractivity (Wildman–Crippen MR) is 114 cm³/mol. The monoisotopic (exact) mass is 461 g/mol. The quantitative estimate of drug-likeness (QED) is 0.400. The van der Waals surface area contributed by atoms with Crippen LogP contribution in [0.1, 0.15) is 31.4 Å². The number of allylic oxidation sites excluding steroid dienone is 1. The molecule has 10 heteroatoms. The summed E-state index contributed by atoms with van der Waals surface area (Å²) in [5.74, 6) is -3.19. The van der Waals surface area contributed by atoms with Gasteiger partial charge in [0.2, 0.25) is 5.91 Å². The maximum atomic E-state index is 15.0. The van der Waals surface area contributed by atoms with Gasteiger partial charge in [0.15, 0.2) is 5.78 Å². The van der Waals surface area contributed by atoms with Gasteiger partial charge < -0.3 is 5.32 Å². The maximum absolute atomic E-state index is 15.0. The number of benzene rings is 2. The van der Waals surface area contributed by atoms with E-state index in [4.69, 9.17) is 11.6 Å². The van der Waals surface area contributed by atoms with Crippen molar-refractivity contribution in [2.24, 2.45) is 5.92 Å². The van der Waals surface area contributed by atoms with Crippen molar-refractivity contribution in [3.8, 4) is 0 Å². The zero-order valence-corrected chi connectivity index (χ0v) is 17.7. The number of carbonyl (C=O) groups is 2. The molecule has 1 aliphatic heterocycles. The van der Waals surface area contributed by atoms with Gasteiger partial charge in [-0.3, -0.25) is 24.6 Å². The lowest BCUT2D eigenvalue weighted by atomic mass is 9.81. The van der Waals surface area contributed by atoms with Gasteiger partial charge in [-0.1, -0.05) is 13.0 Å². The molecule has 0 aromatic heterocycles. The molecule has 2 aromatic rings. The molecular weight excluding hydrogens is 444 g/mol. The number of hydrogen-bond acceptors (Lipinski definition) is 5. The predicted octanol–water partition coefficient (Wildman–Crippen LogP) is 4.86. The lowest BCUT2D eigenvalue weighted by molar-refractivity contribution is -0.384. The van der Waals surface area contributed by atoms with Gasteiger partial charge in [-0.2, -0.15) is 0 Å². The van der Waals surface area contributed by atoms with E-state index in [1.807, 2.05) is 6.92 Å². The van der Waals surface area contributed by atoms with Gasteiger partial charge in [-0.25, -0.2) is 8.78 Å². The molecule has 166 valence electrons. The molecule has 2 aromatic carbocycles. The molecule has 0 radical (unpaired) electrons. The molecule has 0 saturated carbocycles. The van der Waals surface area contributed by atoms with Crippen molar-refractivity contribution >= 4 is 40.4 Å². The smallest absolute Gasteiger partial charge is 0.271 e. The fourth-order valence-electron chi connectivity index (χ4n) is 4.30. The number of nitro groups is 1. The number of carbonyl (C=O) groups excluding carboxylic acids is 2. The number of alkyl halides is 1. The fraction of sp³-hybridized carbons (Fsp3) is 0.273. The second-order valence-corrected chi connectivity index (χ2v) is 8.15. The second-order valence-electron chi connectivity index (χ2n) is 7.88. The van der Waals surface area contributed by atoms with Crippen LogP contribution in [0.5, 0.6) is 0 Å². The molecule has 1 aliphatic carbocycles. The van der Waals surface area contributed by atoms with Crippen LogP contribution in [0.4, 0.5) is 25.8 Å². The Hall–Kier alpha value is -3.33. The molecule has 2 aliphatic rings. The number of anilines is 2. The Labute approximate surface area is 186 Å². The minimum Gasteiger partial charge on any atom is -0.357 e. The normalized spacial score (nSPS) is 20.2. The Morgan fingerprint density at radius 2 is 2.00 bits per heavy atom. The number of nitrogens with one attached hydrogen (secondary N) is 1.